The number of hydrogen-bond acceptors (Lipinski definition) is 5. The second kappa shape index (κ2) is 4.25. The van der Waals surface area contributed by atoms with E-state index in [1.165, 1.54) is 16.2 Å². The van der Waals surface area contributed by atoms with Crippen LogP contribution in [-0.2, 0) is 6.54 Å². The Morgan fingerprint density at radius 2 is 2.21 bits per heavy atom. The summed E-state index contributed by atoms with van der Waals surface area (Å²) in [6, 6.07) is 0. The molecule has 0 saturated heterocycles. The third kappa shape index (κ3) is 2.43. The van der Waals surface area contributed by atoms with Gasteiger partial charge >= 0.3 is 0 Å². The van der Waals surface area contributed by atoms with Crippen LogP contribution in [0.25, 0.3) is 0 Å². The van der Waals surface area contributed by atoms with E-state index in [1.807, 2.05) is 13.1 Å². The van der Waals surface area contributed by atoms with Crippen LogP contribution in [0.4, 0.5) is 5.13 Å². The van der Waals surface area contributed by atoms with Crippen LogP contribution in [0.1, 0.15) is 9.88 Å². The lowest BCUT2D eigenvalue weighted by Crippen LogP contribution is -1.95. The molecule has 0 atom stereocenters. The molecule has 0 aromatic carbocycles. The fourth-order valence-electron chi connectivity index (χ4n) is 0.986. The van der Waals surface area contributed by atoms with Crippen molar-refractivity contribution in [2.45, 2.75) is 13.5 Å². The smallest absolute Gasteiger partial charge is 0.184 e. The normalized spacial score (nSPS) is 10.4. The van der Waals surface area contributed by atoms with E-state index in [1.54, 1.807) is 17.5 Å². The van der Waals surface area contributed by atoms with Gasteiger partial charge in [0.15, 0.2) is 5.13 Å². The largest absolute Gasteiger partial charge is 0.357 e. The molecule has 0 amide bonds. The van der Waals surface area contributed by atoms with Gasteiger partial charge < -0.3 is 5.32 Å². The number of aryl methyl sites for hydroxylation is 1. The number of hydrogen-bond donors (Lipinski definition) is 1. The van der Waals surface area contributed by atoms with Crippen LogP contribution in [-0.4, -0.2) is 9.97 Å². The Morgan fingerprint density at radius 1 is 1.36 bits per heavy atom. The number of halogens is 1. The molecule has 74 valence electrons. The van der Waals surface area contributed by atoms with Crippen LogP contribution in [0.5, 0.6) is 0 Å². The highest BCUT2D eigenvalue weighted by Gasteiger charge is 2.01. The van der Waals surface area contributed by atoms with E-state index in [0.29, 0.717) is 4.34 Å². The molecule has 1 N–H and O–H groups in total. The predicted molar refractivity (Wildman–Crippen MR) is 61.3 cm³/mol. The Morgan fingerprint density at radius 3 is 2.79 bits per heavy atom. The molecule has 0 unspecified atom stereocenters. The molecular formula is C8H8ClN3S2. The molecule has 0 bridgehead atoms. The minimum atomic E-state index is 0.702. The third-order valence-corrected chi connectivity index (χ3v) is 3.55. The summed E-state index contributed by atoms with van der Waals surface area (Å²) in [7, 11) is 0. The molecule has 0 fully saturated rings. The van der Waals surface area contributed by atoms with E-state index in [-0.39, 0.29) is 0 Å². The summed E-state index contributed by atoms with van der Waals surface area (Å²) in [6.45, 7) is 2.75. The first-order valence-electron chi connectivity index (χ1n) is 4.00. The predicted octanol–water partition coefficient (Wildman–Crippen LogP) is 3.17. The van der Waals surface area contributed by atoms with E-state index < -0.39 is 0 Å². The molecule has 2 aromatic heterocycles. The molecule has 0 radical (unpaired) electrons. The fourth-order valence-corrected chi connectivity index (χ4v) is 2.53. The summed E-state index contributed by atoms with van der Waals surface area (Å²) in [4.78, 5) is 9.47. The van der Waals surface area contributed by atoms with E-state index in [0.717, 1.165) is 16.7 Å². The van der Waals surface area contributed by atoms with Gasteiger partial charge in [0.1, 0.15) is 4.34 Å². The topological polar surface area (TPSA) is 37.8 Å². The van der Waals surface area contributed by atoms with Crippen molar-refractivity contribution in [2.75, 3.05) is 5.32 Å². The van der Waals surface area contributed by atoms with Gasteiger partial charge in [-0.1, -0.05) is 22.9 Å². The summed E-state index contributed by atoms with van der Waals surface area (Å²) < 4.78 is 0.702. The summed E-state index contributed by atoms with van der Waals surface area (Å²) in [6.07, 6.45) is 3.52. The van der Waals surface area contributed by atoms with Crippen LogP contribution < -0.4 is 5.32 Å². The van der Waals surface area contributed by atoms with Crippen molar-refractivity contribution in [1.82, 2.24) is 9.97 Å². The average Bonchev–Trinajstić information content (AvgIpc) is 2.72. The summed E-state index contributed by atoms with van der Waals surface area (Å²) in [5, 5.41) is 5.12. The van der Waals surface area contributed by atoms with Crippen LogP contribution in [0.15, 0.2) is 12.4 Å². The molecule has 0 saturated carbocycles. The van der Waals surface area contributed by atoms with Gasteiger partial charge in [-0.3, -0.25) is 0 Å². The highest BCUT2D eigenvalue weighted by atomic mass is 35.5. The molecule has 6 heteroatoms. The lowest BCUT2D eigenvalue weighted by molar-refractivity contribution is 1.15. The van der Waals surface area contributed by atoms with Gasteiger partial charge in [0.2, 0.25) is 0 Å². The maximum atomic E-state index is 5.75. The van der Waals surface area contributed by atoms with Gasteiger partial charge in [0.05, 0.1) is 17.7 Å². The van der Waals surface area contributed by atoms with Crippen LogP contribution in [0.3, 0.4) is 0 Å². The molecule has 0 aliphatic rings. The number of anilines is 1. The quantitative estimate of drug-likeness (QED) is 0.903. The minimum Gasteiger partial charge on any atom is -0.357 e. The maximum absolute atomic E-state index is 5.75. The average molecular weight is 246 g/mol. The molecule has 3 nitrogen and oxygen atoms in total. The van der Waals surface area contributed by atoms with Crippen molar-refractivity contribution in [1.29, 1.82) is 0 Å². The van der Waals surface area contributed by atoms with Crippen molar-refractivity contribution in [3.05, 3.63) is 26.6 Å². The Labute approximate surface area is 94.8 Å². The fraction of sp³-hybridized carbons (Fsp3) is 0.250. The number of aromatic nitrogens is 2. The van der Waals surface area contributed by atoms with Crippen LogP contribution in [0, 0.1) is 6.92 Å². The first-order chi connectivity index (χ1) is 6.74. The van der Waals surface area contributed by atoms with Crippen molar-refractivity contribution < 1.29 is 0 Å². The second-order valence-corrected chi connectivity index (χ2v) is 5.65. The Balaban J connectivity index is 1.94. The van der Waals surface area contributed by atoms with Crippen molar-refractivity contribution in [2.24, 2.45) is 0 Å². The zero-order valence-electron chi connectivity index (χ0n) is 7.45. The molecular weight excluding hydrogens is 238 g/mol. The number of thiazole rings is 2. The van der Waals surface area contributed by atoms with Gasteiger partial charge in [-0.2, -0.15) is 0 Å². The Kier molecular flexibility index (Phi) is 3.00. The van der Waals surface area contributed by atoms with E-state index >= 15 is 0 Å². The molecule has 0 aliphatic heterocycles. The Hall–Kier alpha value is -0.650. The zero-order valence-corrected chi connectivity index (χ0v) is 9.84. The lowest BCUT2D eigenvalue weighted by Gasteiger charge is -1.97. The monoisotopic (exact) mass is 245 g/mol. The van der Waals surface area contributed by atoms with Gasteiger partial charge in [-0.05, 0) is 6.92 Å². The van der Waals surface area contributed by atoms with Gasteiger partial charge in [0.25, 0.3) is 0 Å². The minimum absolute atomic E-state index is 0.702. The zero-order chi connectivity index (χ0) is 9.97. The SMILES string of the molecule is Cc1ncc(CNc2ncc(Cl)s2)s1. The molecule has 14 heavy (non-hydrogen) atoms. The molecule has 0 spiro atoms. The highest BCUT2D eigenvalue weighted by molar-refractivity contribution is 7.19. The lowest BCUT2D eigenvalue weighted by atomic mass is 10.5. The van der Waals surface area contributed by atoms with Crippen LogP contribution >= 0.6 is 34.3 Å². The number of rotatable bonds is 3. The van der Waals surface area contributed by atoms with E-state index in [4.69, 9.17) is 11.6 Å². The summed E-state index contributed by atoms with van der Waals surface area (Å²) in [5.41, 5.74) is 0. The third-order valence-electron chi connectivity index (χ3n) is 1.56. The maximum Gasteiger partial charge on any atom is 0.184 e. The second-order valence-electron chi connectivity index (χ2n) is 2.67. The molecule has 0 aliphatic carbocycles. The summed E-state index contributed by atoms with van der Waals surface area (Å²) >= 11 is 8.88. The first kappa shape index (κ1) is 9.89. The summed E-state index contributed by atoms with van der Waals surface area (Å²) in [5.74, 6) is 0. The Bertz CT molecular complexity index is 383. The van der Waals surface area contributed by atoms with Crippen molar-refractivity contribution >= 4 is 39.4 Å². The molecule has 2 rings (SSSR count). The van der Waals surface area contributed by atoms with E-state index in [2.05, 4.69) is 15.3 Å². The van der Waals surface area contributed by atoms with Gasteiger partial charge in [0, 0.05) is 11.1 Å². The molecule has 2 heterocycles. The number of nitrogens with one attached hydrogen (secondary N) is 1. The highest BCUT2D eigenvalue weighted by Crippen LogP contribution is 2.23. The van der Waals surface area contributed by atoms with E-state index in [9.17, 15) is 0 Å². The first-order valence-corrected chi connectivity index (χ1v) is 6.01. The molecule has 2 aromatic rings. The standard InChI is InChI=1S/C8H8ClN3S2/c1-5-10-2-6(13-5)3-11-8-12-4-7(9)14-8/h2,4H,3H2,1H3,(H,11,12). The van der Waals surface area contributed by atoms with Gasteiger partial charge in [-0.25, -0.2) is 9.97 Å². The number of nitrogens with zero attached hydrogens (tertiary/aromatic N) is 2. The van der Waals surface area contributed by atoms with Crippen molar-refractivity contribution in [3.8, 4) is 0 Å². The van der Waals surface area contributed by atoms with Crippen LogP contribution in [0.2, 0.25) is 4.34 Å². The van der Waals surface area contributed by atoms with Gasteiger partial charge in [-0.15, -0.1) is 11.3 Å². The van der Waals surface area contributed by atoms with Crippen molar-refractivity contribution in [3.63, 3.8) is 0 Å².